The van der Waals surface area contributed by atoms with Crippen LogP contribution < -0.4 is 14.8 Å². The van der Waals surface area contributed by atoms with Crippen molar-refractivity contribution < 1.29 is 27.5 Å². The molecule has 3 heterocycles. The molecule has 1 N–H and O–H groups in total. The van der Waals surface area contributed by atoms with E-state index in [0.717, 1.165) is 12.0 Å². The fourth-order valence-electron chi connectivity index (χ4n) is 5.09. The molecular weight excluding hydrogens is 482 g/mol. The van der Waals surface area contributed by atoms with E-state index >= 15 is 0 Å². The van der Waals surface area contributed by atoms with Gasteiger partial charge in [-0.3, -0.25) is 9.59 Å². The fourth-order valence-corrected chi connectivity index (χ4v) is 6.56. The third-order valence-electron chi connectivity index (χ3n) is 7.11. The number of amides is 2. The second-order valence-corrected chi connectivity index (χ2v) is 11.5. The summed E-state index contributed by atoms with van der Waals surface area (Å²) < 4.78 is 38.6. The van der Waals surface area contributed by atoms with Crippen molar-refractivity contribution >= 4 is 27.5 Å². The van der Waals surface area contributed by atoms with Crippen LogP contribution in [0, 0.1) is 12.8 Å². The minimum Gasteiger partial charge on any atom is -0.486 e. The van der Waals surface area contributed by atoms with E-state index in [9.17, 15) is 18.0 Å². The Kier molecular flexibility index (Phi) is 6.90. The van der Waals surface area contributed by atoms with Crippen molar-refractivity contribution in [3.63, 3.8) is 0 Å². The molecule has 1 atom stereocenters. The van der Waals surface area contributed by atoms with Crippen LogP contribution in [0.15, 0.2) is 47.4 Å². The Labute approximate surface area is 211 Å². The highest BCUT2D eigenvalue weighted by molar-refractivity contribution is 7.89. The number of carbonyl (C=O) groups excluding carboxylic acids is 2. The van der Waals surface area contributed by atoms with Crippen LogP contribution in [-0.2, 0) is 19.6 Å². The second kappa shape index (κ2) is 10.1. The third-order valence-corrected chi connectivity index (χ3v) is 9.02. The van der Waals surface area contributed by atoms with Gasteiger partial charge in [-0.15, -0.1) is 0 Å². The van der Waals surface area contributed by atoms with Crippen LogP contribution >= 0.6 is 0 Å². The normalized spacial score (nSPS) is 20.8. The first-order valence-corrected chi connectivity index (χ1v) is 13.8. The molecule has 2 fully saturated rings. The number of aryl methyl sites for hydroxylation is 1. The number of hydrogen-bond donors (Lipinski definition) is 1. The summed E-state index contributed by atoms with van der Waals surface area (Å²) in [7, 11) is -3.59. The zero-order valence-corrected chi connectivity index (χ0v) is 21.1. The van der Waals surface area contributed by atoms with Gasteiger partial charge in [0.1, 0.15) is 19.3 Å². The zero-order chi connectivity index (χ0) is 25.3. The van der Waals surface area contributed by atoms with E-state index in [2.05, 4.69) is 5.32 Å². The Balaban J connectivity index is 1.20. The highest BCUT2D eigenvalue weighted by atomic mass is 32.2. The van der Waals surface area contributed by atoms with E-state index in [1.54, 1.807) is 47.4 Å². The van der Waals surface area contributed by atoms with E-state index in [-0.39, 0.29) is 35.7 Å². The van der Waals surface area contributed by atoms with Gasteiger partial charge in [0, 0.05) is 37.3 Å². The lowest BCUT2D eigenvalue weighted by atomic mass is 9.96. The predicted octanol–water partition coefficient (Wildman–Crippen LogP) is 2.80. The molecule has 36 heavy (non-hydrogen) atoms. The summed E-state index contributed by atoms with van der Waals surface area (Å²) in [6, 6.07) is 11.5. The SMILES string of the molecule is Cc1ccc(S(=O)(=O)N2CCC(C(=O)N3CCC[C@H]3C(=O)Nc3ccc4c(c3)OCCO4)CC2)cc1. The number of benzene rings is 2. The van der Waals surface area contributed by atoms with Gasteiger partial charge in [-0.05, 0) is 56.9 Å². The molecule has 2 amide bonds. The monoisotopic (exact) mass is 513 g/mol. The summed E-state index contributed by atoms with van der Waals surface area (Å²) in [6.45, 7) is 3.97. The fraction of sp³-hybridized carbons (Fsp3) is 0.462. The Morgan fingerprint density at radius 1 is 0.917 bits per heavy atom. The maximum Gasteiger partial charge on any atom is 0.247 e. The molecule has 0 unspecified atom stereocenters. The molecule has 2 aromatic rings. The topological polar surface area (TPSA) is 105 Å². The van der Waals surface area contributed by atoms with Crippen LogP contribution in [0.1, 0.15) is 31.2 Å². The summed E-state index contributed by atoms with van der Waals surface area (Å²) >= 11 is 0. The molecule has 0 aromatic heterocycles. The van der Waals surface area contributed by atoms with Gasteiger partial charge in [-0.2, -0.15) is 4.31 Å². The number of hydrogen-bond acceptors (Lipinski definition) is 6. The van der Waals surface area contributed by atoms with Crippen LogP contribution in [0.4, 0.5) is 5.69 Å². The molecule has 5 rings (SSSR count). The van der Waals surface area contributed by atoms with E-state index in [4.69, 9.17) is 9.47 Å². The average Bonchev–Trinajstić information content (AvgIpc) is 3.39. The number of ether oxygens (including phenoxy) is 2. The molecule has 2 aromatic carbocycles. The molecular formula is C26H31N3O6S. The second-order valence-electron chi connectivity index (χ2n) is 9.53. The number of nitrogens with one attached hydrogen (secondary N) is 1. The van der Waals surface area contributed by atoms with Crippen molar-refractivity contribution in [3.8, 4) is 11.5 Å². The molecule has 9 nitrogen and oxygen atoms in total. The van der Waals surface area contributed by atoms with Gasteiger partial charge in [0.15, 0.2) is 11.5 Å². The van der Waals surface area contributed by atoms with Crippen LogP contribution in [0.3, 0.4) is 0 Å². The highest BCUT2D eigenvalue weighted by Crippen LogP contribution is 2.33. The predicted molar refractivity (Wildman–Crippen MR) is 133 cm³/mol. The van der Waals surface area contributed by atoms with Crippen molar-refractivity contribution in [2.45, 2.75) is 43.5 Å². The van der Waals surface area contributed by atoms with Crippen LogP contribution in [0.25, 0.3) is 0 Å². The minimum atomic E-state index is -3.59. The number of piperidine rings is 1. The Bertz CT molecular complexity index is 1240. The lowest BCUT2D eigenvalue weighted by molar-refractivity contribution is -0.141. The maximum absolute atomic E-state index is 13.4. The number of fused-ring (bicyclic) bond motifs is 1. The van der Waals surface area contributed by atoms with Gasteiger partial charge in [-0.1, -0.05) is 17.7 Å². The molecule has 0 spiro atoms. The molecule has 0 bridgehead atoms. The molecule has 0 saturated carbocycles. The Morgan fingerprint density at radius 2 is 1.61 bits per heavy atom. The number of likely N-dealkylation sites (tertiary alicyclic amines) is 1. The largest absolute Gasteiger partial charge is 0.486 e. The number of sulfonamides is 1. The van der Waals surface area contributed by atoms with Gasteiger partial charge >= 0.3 is 0 Å². The molecule has 3 aliphatic heterocycles. The van der Waals surface area contributed by atoms with Gasteiger partial charge < -0.3 is 19.7 Å². The Hall–Kier alpha value is -3.11. The number of carbonyl (C=O) groups is 2. The molecule has 192 valence electrons. The summed E-state index contributed by atoms with van der Waals surface area (Å²) in [4.78, 5) is 28.4. The molecule has 2 saturated heterocycles. The van der Waals surface area contributed by atoms with E-state index in [1.807, 2.05) is 6.92 Å². The first-order valence-electron chi connectivity index (χ1n) is 12.4. The number of anilines is 1. The van der Waals surface area contributed by atoms with E-state index in [0.29, 0.717) is 56.2 Å². The van der Waals surface area contributed by atoms with E-state index in [1.165, 1.54) is 4.31 Å². The summed E-state index contributed by atoms with van der Waals surface area (Å²) in [5.41, 5.74) is 1.59. The van der Waals surface area contributed by atoms with Gasteiger partial charge in [-0.25, -0.2) is 8.42 Å². The van der Waals surface area contributed by atoms with Crippen LogP contribution in [0.2, 0.25) is 0 Å². The van der Waals surface area contributed by atoms with Gasteiger partial charge in [0.25, 0.3) is 0 Å². The van der Waals surface area contributed by atoms with Gasteiger partial charge in [0.2, 0.25) is 21.8 Å². The summed E-state index contributed by atoms with van der Waals surface area (Å²) in [5, 5.41) is 2.91. The first kappa shape index (κ1) is 24.6. The minimum absolute atomic E-state index is 0.0674. The summed E-state index contributed by atoms with van der Waals surface area (Å²) in [6.07, 6.45) is 2.24. The lowest BCUT2D eigenvalue weighted by Crippen LogP contribution is -2.48. The molecule has 0 radical (unpaired) electrons. The molecule has 10 heteroatoms. The zero-order valence-electron chi connectivity index (χ0n) is 20.3. The molecule has 0 aliphatic carbocycles. The van der Waals surface area contributed by atoms with Crippen molar-refractivity contribution in [1.82, 2.24) is 9.21 Å². The van der Waals surface area contributed by atoms with E-state index < -0.39 is 16.1 Å². The average molecular weight is 514 g/mol. The van der Waals surface area contributed by atoms with Crippen molar-refractivity contribution in [3.05, 3.63) is 48.0 Å². The Morgan fingerprint density at radius 3 is 2.33 bits per heavy atom. The lowest BCUT2D eigenvalue weighted by Gasteiger charge is -2.34. The third kappa shape index (κ3) is 4.92. The van der Waals surface area contributed by atoms with Crippen molar-refractivity contribution in [2.75, 3.05) is 38.2 Å². The first-order chi connectivity index (χ1) is 17.3. The quantitative estimate of drug-likeness (QED) is 0.659. The number of rotatable bonds is 5. The van der Waals surface area contributed by atoms with Crippen LogP contribution in [-0.4, -0.2) is 68.3 Å². The number of nitrogens with zero attached hydrogens (tertiary/aromatic N) is 2. The standard InChI is InChI=1S/C26H31N3O6S/c1-18-4-7-21(8-5-18)36(32,33)28-13-10-19(11-14-28)26(31)29-12-2-3-22(29)25(30)27-20-6-9-23-24(17-20)35-16-15-34-23/h4-9,17,19,22H,2-3,10-16H2,1H3,(H,27,30)/t22-/m0/s1. The highest BCUT2D eigenvalue weighted by Gasteiger charge is 2.39. The van der Waals surface area contributed by atoms with Gasteiger partial charge in [0.05, 0.1) is 4.90 Å². The smallest absolute Gasteiger partial charge is 0.247 e. The molecule has 3 aliphatic rings. The maximum atomic E-state index is 13.4. The van der Waals surface area contributed by atoms with Crippen molar-refractivity contribution in [2.24, 2.45) is 5.92 Å². The van der Waals surface area contributed by atoms with Crippen molar-refractivity contribution in [1.29, 1.82) is 0 Å². The van der Waals surface area contributed by atoms with Crippen LogP contribution in [0.5, 0.6) is 11.5 Å². The summed E-state index contributed by atoms with van der Waals surface area (Å²) in [5.74, 6) is 0.648.